The fourth-order valence-corrected chi connectivity index (χ4v) is 1.33. The predicted molar refractivity (Wildman–Crippen MR) is 61.3 cm³/mol. The van der Waals surface area contributed by atoms with Gasteiger partial charge in [-0.15, -0.1) is 0 Å². The number of alkyl halides is 2. The molecule has 0 atom stereocenters. The van der Waals surface area contributed by atoms with Crippen LogP contribution in [0.25, 0.3) is 0 Å². The van der Waals surface area contributed by atoms with E-state index in [1.165, 1.54) is 30.5 Å². The van der Waals surface area contributed by atoms with Crippen molar-refractivity contribution in [3.05, 3.63) is 48.0 Å². The Morgan fingerprint density at radius 1 is 1.11 bits per heavy atom. The van der Waals surface area contributed by atoms with Crippen molar-refractivity contribution in [3.63, 3.8) is 0 Å². The lowest BCUT2D eigenvalue weighted by atomic mass is 10.2. The zero-order valence-electron chi connectivity index (χ0n) is 9.49. The van der Waals surface area contributed by atoms with E-state index in [9.17, 15) is 13.2 Å². The number of anilines is 2. The molecule has 1 aromatic heterocycles. The molecule has 1 heterocycles. The van der Waals surface area contributed by atoms with Gasteiger partial charge in [0.2, 0.25) is 5.95 Å². The van der Waals surface area contributed by atoms with Crippen LogP contribution in [-0.2, 0) is 5.92 Å². The van der Waals surface area contributed by atoms with Gasteiger partial charge in [-0.2, -0.15) is 8.78 Å². The minimum absolute atomic E-state index is 0.0423. The molecule has 2 rings (SSSR count). The maximum Gasteiger partial charge on any atom is 0.287 e. The third-order valence-corrected chi connectivity index (χ3v) is 2.21. The molecule has 0 saturated carbocycles. The number of hydrogen-bond donors (Lipinski definition) is 1. The standard InChI is InChI=1S/C12H10F3N3/c1-12(14,15)10-6-7-16-11(18-10)17-9-4-2-8(13)3-5-9/h2-7H,1H3,(H,16,17,18). The minimum atomic E-state index is -3.03. The number of aromatic nitrogens is 2. The molecular weight excluding hydrogens is 243 g/mol. The number of rotatable bonds is 3. The summed E-state index contributed by atoms with van der Waals surface area (Å²) in [6, 6.07) is 6.59. The Morgan fingerprint density at radius 2 is 1.78 bits per heavy atom. The fourth-order valence-electron chi connectivity index (χ4n) is 1.33. The van der Waals surface area contributed by atoms with Gasteiger partial charge in [-0.05, 0) is 30.3 Å². The molecule has 0 aliphatic heterocycles. The molecule has 1 N–H and O–H groups in total. The van der Waals surface area contributed by atoms with Crippen molar-refractivity contribution in [1.82, 2.24) is 9.97 Å². The monoisotopic (exact) mass is 253 g/mol. The zero-order valence-corrected chi connectivity index (χ0v) is 9.49. The molecule has 0 unspecified atom stereocenters. The normalized spacial score (nSPS) is 11.3. The lowest BCUT2D eigenvalue weighted by molar-refractivity contribution is 0.0128. The Morgan fingerprint density at radius 3 is 2.39 bits per heavy atom. The highest BCUT2D eigenvalue weighted by atomic mass is 19.3. The molecule has 0 aliphatic rings. The van der Waals surface area contributed by atoms with Gasteiger partial charge < -0.3 is 5.32 Å². The summed E-state index contributed by atoms with van der Waals surface area (Å²) in [6.07, 6.45) is 1.24. The van der Waals surface area contributed by atoms with Gasteiger partial charge in [-0.1, -0.05) is 0 Å². The largest absolute Gasteiger partial charge is 0.324 e. The summed E-state index contributed by atoms with van der Waals surface area (Å²) in [6.45, 7) is 0.761. The first-order valence-electron chi connectivity index (χ1n) is 5.19. The summed E-state index contributed by atoms with van der Waals surface area (Å²) >= 11 is 0. The van der Waals surface area contributed by atoms with Gasteiger partial charge in [0.05, 0.1) is 0 Å². The Balaban J connectivity index is 2.22. The van der Waals surface area contributed by atoms with Crippen LogP contribution in [0, 0.1) is 5.82 Å². The van der Waals surface area contributed by atoms with E-state index < -0.39 is 5.92 Å². The third kappa shape index (κ3) is 2.97. The van der Waals surface area contributed by atoms with Crippen LogP contribution in [0.15, 0.2) is 36.5 Å². The lowest BCUT2D eigenvalue weighted by Gasteiger charge is -2.11. The third-order valence-electron chi connectivity index (χ3n) is 2.21. The summed E-state index contributed by atoms with van der Waals surface area (Å²) in [4.78, 5) is 7.52. The maximum atomic E-state index is 13.1. The Bertz CT molecular complexity index is 535. The van der Waals surface area contributed by atoms with Crippen molar-refractivity contribution in [1.29, 1.82) is 0 Å². The summed E-state index contributed by atoms with van der Waals surface area (Å²) in [5, 5.41) is 2.72. The highest BCUT2D eigenvalue weighted by Crippen LogP contribution is 2.25. The Kier molecular flexibility index (Phi) is 3.18. The van der Waals surface area contributed by atoms with Crippen LogP contribution >= 0.6 is 0 Å². The van der Waals surface area contributed by atoms with Crippen molar-refractivity contribution in [2.24, 2.45) is 0 Å². The molecule has 0 bridgehead atoms. The van der Waals surface area contributed by atoms with E-state index >= 15 is 0 Å². The molecule has 0 amide bonds. The van der Waals surface area contributed by atoms with E-state index in [2.05, 4.69) is 15.3 Å². The number of hydrogen-bond acceptors (Lipinski definition) is 3. The second kappa shape index (κ2) is 4.64. The average molecular weight is 253 g/mol. The number of halogens is 3. The molecule has 0 radical (unpaired) electrons. The van der Waals surface area contributed by atoms with Gasteiger partial charge in [0.25, 0.3) is 5.92 Å². The van der Waals surface area contributed by atoms with E-state index in [4.69, 9.17) is 0 Å². The number of nitrogens with zero attached hydrogens (tertiary/aromatic N) is 2. The maximum absolute atomic E-state index is 13.1. The van der Waals surface area contributed by atoms with Gasteiger partial charge in [0.1, 0.15) is 11.5 Å². The van der Waals surface area contributed by atoms with Crippen LogP contribution in [0.5, 0.6) is 0 Å². The van der Waals surface area contributed by atoms with E-state index in [1.54, 1.807) is 0 Å². The Hall–Kier alpha value is -2.11. The van der Waals surface area contributed by atoms with Crippen LogP contribution < -0.4 is 5.32 Å². The second-order valence-corrected chi connectivity index (χ2v) is 3.79. The van der Waals surface area contributed by atoms with E-state index in [-0.39, 0.29) is 17.5 Å². The predicted octanol–water partition coefficient (Wildman–Crippen LogP) is 3.47. The molecule has 94 valence electrons. The van der Waals surface area contributed by atoms with E-state index in [0.29, 0.717) is 5.69 Å². The van der Waals surface area contributed by atoms with Crippen LogP contribution in [0.3, 0.4) is 0 Å². The molecule has 1 aromatic carbocycles. The van der Waals surface area contributed by atoms with E-state index in [0.717, 1.165) is 13.0 Å². The van der Waals surface area contributed by atoms with Crippen molar-refractivity contribution in [3.8, 4) is 0 Å². The van der Waals surface area contributed by atoms with Gasteiger partial charge in [0, 0.05) is 18.8 Å². The average Bonchev–Trinajstić information content (AvgIpc) is 2.31. The quantitative estimate of drug-likeness (QED) is 0.910. The molecule has 18 heavy (non-hydrogen) atoms. The van der Waals surface area contributed by atoms with Crippen LogP contribution in [0.2, 0.25) is 0 Å². The number of nitrogens with one attached hydrogen (secondary N) is 1. The first kappa shape index (κ1) is 12.3. The molecule has 0 saturated heterocycles. The Labute approximate surface area is 102 Å². The summed E-state index contributed by atoms with van der Waals surface area (Å²) in [5.74, 6) is -3.36. The van der Waals surface area contributed by atoms with Crippen molar-refractivity contribution < 1.29 is 13.2 Å². The smallest absolute Gasteiger partial charge is 0.287 e. The van der Waals surface area contributed by atoms with Gasteiger partial charge in [-0.25, -0.2) is 14.4 Å². The van der Waals surface area contributed by atoms with Crippen LogP contribution in [0.4, 0.5) is 24.8 Å². The molecule has 2 aromatic rings. The molecule has 3 nitrogen and oxygen atoms in total. The summed E-state index contributed by atoms with van der Waals surface area (Å²) in [7, 11) is 0. The van der Waals surface area contributed by atoms with E-state index in [1.807, 2.05) is 0 Å². The highest BCUT2D eigenvalue weighted by molar-refractivity contribution is 5.52. The van der Waals surface area contributed by atoms with Gasteiger partial charge >= 0.3 is 0 Å². The highest BCUT2D eigenvalue weighted by Gasteiger charge is 2.26. The fraction of sp³-hybridized carbons (Fsp3) is 0.167. The first-order chi connectivity index (χ1) is 8.45. The lowest BCUT2D eigenvalue weighted by Crippen LogP contribution is -2.11. The van der Waals surface area contributed by atoms with Crippen LogP contribution in [-0.4, -0.2) is 9.97 Å². The van der Waals surface area contributed by atoms with Crippen molar-refractivity contribution in [2.45, 2.75) is 12.8 Å². The van der Waals surface area contributed by atoms with Crippen molar-refractivity contribution in [2.75, 3.05) is 5.32 Å². The molecule has 6 heteroatoms. The van der Waals surface area contributed by atoms with Gasteiger partial charge in [0.15, 0.2) is 0 Å². The first-order valence-corrected chi connectivity index (χ1v) is 5.19. The SMILES string of the molecule is CC(F)(F)c1ccnc(Nc2ccc(F)cc2)n1. The topological polar surface area (TPSA) is 37.8 Å². The molecular formula is C12H10F3N3. The zero-order chi connectivity index (χ0) is 13.2. The van der Waals surface area contributed by atoms with Crippen LogP contribution in [0.1, 0.15) is 12.6 Å². The molecule has 0 fully saturated rings. The van der Waals surface area contributed by atoms with Crippen molar-refractivity contribution >= 4 is 11.6 Å². The summed E-state index contributed by atoms with van der Waals surface area (Å²) in [5.41, 5.74) is 0.148. The minimum Gasteiger partial charge on any atom is -0.324 e. The molecule has 0 spiro atoms. The number of benzene rings is 1. The summed E-state index contributed by atoms with van der Waals surface area (Å²) < 4.78 is 38.8. The second-order valence-electron chi connectivity index (χ2n) is 3.79. The molecule has 0 aliphatic carbocycles. The van der Waals surface area contributed by atoms with Gasteiger partial charge in [-0.3, -0.25) is 0 Å².